The molecule has 0 bridgehead atoms. The first kappa shape index (κ1) is 14.3. The number of phenols is 1. The number of anilines is 1. The molecule has 1 atom stereocenters. The number of ether oxygens (including phenoxy) is 2. The van der Waals surface area contributed by atoms with Crippen LogP contribution in [0.15, 0.2) is 42.5 Å². The highest BCUT2D eigenvalue weighted by Gasteiger charge is 2.32. The van der Waals surface area contributed by atoms with Gasteiger partial charge in [0.1, 0.15) is 17.2 Å². The Bertz CT molecular complexity index is 714. The summed E-state index contributed by atoms with van der Waals surface area (Å²) in [6.07, 6.45) is -0.179. The molecule has 5 heteroatoms. The molecule has 1 aliphatic rings. The van der Waals surface area contributed by atoms with Crippen LogP contribution in [0.3, 0.4) is 0 Å². The largest absolute Gasteiger partial charge is 0.508 e. The number of likely N-dealkylation sites (N-methyl/N-ethyl adjacent to an activating group) is 1. The molecule has 0 saturated carbocycles. The molecule has 1 amide bonds. The van der Waals surface area contributed by atoms with Crippen LogP contribution in [-0.2, 0) is 11.2 Å². The summed E-state index contributed by atoms with van der Waals surface area (Å²) in [6.45, 7) is 0. The van der Waals surface area contributed by atoms with Crippen LogP contribution in [0.4, 0.5) is 5.69 Å². The summed E-state index contributed by atoms with van der Waals surface area (Å²) < 4.78 is 11.0. The van der Waals surface area contributed by atoms with Gasteiger partial charge in [-0.25, -0.2) is 0 Å². The number of phenolic OH excluding ortho intramolecular Hbond substituents is 1. The van der Waals surface area contributed by atoms with E-state index in [1.807, 2.05) is 24.3 Å². The maximum atomic E-state index is 12.4. The lowest BCUT2D eigenvalue weighted by atomic mass is 10.0. The third kappa shape index (κ3) is 2.57. The van der Waals surface area contributed by atoms with Gasteiger partial charge < -0.3 is 19.5 Å². The predicted molar refractivity (Wildman–Crippen MR) is 82.6 cm³/mol. The van der Waals surface area contributed by atoms with Gasteiger partial charge >= 0.3 is 0 Å². The first-order valence-electron chi connectivity index (χ1n) is 6.98. The van der Waals surface area contributed by atoms with E-state index < -0.39 is 6.10 Å². The summed E-state index contributed by atoms with van der Waals surface area (Å²) in [5.74, 6) is 1.25. The predicted octanol–water partition coefficient (Wildman–Crippen LogP) is 2.37. The molecule has 1 unspecified atom stereocenters. The van der Waals surface area contributed by atoms with Crippen molar-refractivity contribution < 1.29 is 19.4 Å². The van der Waals surface area contributed by atoms with E-state index in [-0.39, 0.29) is 11.7 Å². The van der Waals surface area contributed by atoms with Crippen LogP contribution in [0.5, 0.6) is 17.2 Å². The van der Waals surface area contributed by atoms with Crippen molar-refractivity contribution >= 4 is 11.6 Å². The molecule has 1 aliphatic heterocycles. The molecular weight excluding hydrogens is 282 g/mol. The van der Waals surface area contributed by atoms with Gasteiger partial charge in [-0.1, -0.05) is 12.1 Å². The van der Waals surface area contributed by atoms with Crippen molar-refractivity contribution in [1.29, 1.82) is 0 Å². The molecule has 0 radical (unpaired) electrons. The highest BCUT2D eigenvalue weighted by atomic mass is 16.5. The first-order chi connectivity index (χ1) is 10.6. The molecule has 1 N–H and O–H groups in total. The second kappa shape index (κ2) is 5.60. The number of methoxy groups -OCH3 is 1. The molecule has 0 saturated heterocycles. The van der Waals surface area contributed by atoms with Crippen LogP contribution in [0, 0.1) is 0 Å². The third-order valence-corrected chi connectivity index (χ3v) is 3.74. The van der Waals surface area contributed by atoms with E-state index in [1.54, 1.807) is 25.1 Å². The quantitative estimate of drug-likeness (QED) is 0.945. The molecule has 2 aromatic rings. The van der Waals surface area contributed by atoms with Crippen molar-refractivity contribution in [3.63, 3.8) is 0 Å². The summed E-state index contributed by atoms with van der Waals surface area (Å²) in [7, 11) is 3.31. The van der Waals surface area contributed by atoms with Crippen molar-refractivity contribution in [3.05, 3.63) is 48.0 Å². The SMILES string of the molecule is COc1cccc(CC2Oc3cc(O)ccc3N(C)C2=O)c1. The minimum absolute atomic E-state index is 0.110. The molecule has 22 heavy (non-hydrogen) atoms. The van der Waals surface area contributed by atoms with Gasteiger partial charge in [0, 0.05) is 19.5 Å². The van der Waals surface area contributed by atoms with Crippen LogP contribution in [0.25, 0.3) is 0 Å². The van der Waals surface area contributed by atoms with E-state index in [9.17, 15) is 9.90 Å². The number of hydrogen-bond donors (Lipinski definition) is 1. The van der Waals surface area contributed by atoms with Crippen molar-refractivity contribution in [1.82, 2.24) is 0 Å². The van der Waals surface area contributed by atoms with Crippen molar-refractivity contribution in [3.8, 4) is 17.2 Å². The fourth-order valence-corrected chi connectivity index (χ4v) is 2.56. The molecule has 0 fully saturated rings. The Labute approximate surface area is 128 Å². The fraction of sp³-hybridized carbons (Fsp3) is 0.235. The maximum absolute atomic E-state index is 12.4. The highest BCUT2D eigenvalue weighted by Crippen LogP contribution is 2.36. The molecule has 114 valence electrons. The van der Waals surface area contributed by atoms with E-state index >= 15 is 0 Å². The van der Waals surface area contributed by atoms with E-state index in [0.717, 1.165) is 11.3 Å². The van der Waals surface area contributed by atoms with Gasteiger partial charge in [0.2, 0.25) is 0 Å². The number of aromatic hydroxyl groups is 1. The summed E-state index contributed by atoms with van der Waals surface area (Å²) in [5, 5.41) is 9.58. The van der Waals surface area contributed by atoms with Gasteiger partial charge in [0.05, 0.1) is 12.8 Å². The summed E-state index contributed by atoms with van der Waals surface area (Å²) >= 11 is 0. The van der Waals surface area contributed by atoms with Crippen molar-refractivity contribution in [2.24, 2.45) is 0 Å². The molecule has 0 spiro atoms. The van der Waals surface area contributed by atoms with Crippen LogP contribution < -0.4 is 14.4 Å². The standard InChI is InChI=1S/C17H17NO4/c1-18-14-7-6-12(19)10-15(14)22-16(17(18)20)9-11-4-3-5-13(8-11)21-2/h3-8,10,16,19H,9H2,1-2H3. The zero-order valence-corrected chi connectivity index (χ0v) is 12.4. The van der Waals surface area contributed by atoms with Crippen LogP contribution in [0.1, 0.15) is 5.56 Å². The van der Waals surface area contributed by atoms with E-state index in [4.69, 9.17) is 9.47 Å². The minimum Gasteiger partial charge on any atom is -0.508 e. The van der Waals surface area contributed by atoms with Gasteiger partial charge in [-0.15, -0.1) is 0 Å². The van der Waals surface area contributed by atoms with Gasteiger partial charge in [0.25, 0.3) is 5.91 Å². The highest BCUT2D eigenvalue weighted by molar-refractivity contribution is 5.99. The number of fused-ring (bicyclic) bond motifs is 1. The Kier molecular flexibility index (Phi) is 3.63. The number of nitrogens with zero attached hydrogens (tertiary/aromatic N) is 1. The molecule has 3 rings (SSSR count). The summed E-state index contributed by atoms with van der Waals surface area (Å²) in [4.78, 5) is 14.0. The molecule has 0 aromatic heterocycles. The summed E-state index contributed by atoms with van der Waals surface area (Å²) in [5.41, 5.74) is 1.61. The second-order valence-corrected chi connectivity index (χ2v) is 5.21. The fourth-order valence-electron chi connectivity index (χ4n) is 2.56. The number of carbonyl (C=O) groups excluding carboxylic acids is 1. The van der Waals surface area contributed by atoms with Crippen molar-refractivity contribution in [2.45, 2.75) is 12.5 Å². The second-order valence-electron chi connectivity index (χ2n) is 5.21. The average molecular weight is 299 g/mol. The Morgan fingerprint density at radius 2 is 2.09 bits per heavy atom. The summed E-state index contributed by atoms with van der Waals surface area (Å²) in [6, 6.07) is 12.3. The number of carbonyl (C=O) groups is 1. The average Bonchev–Trinajstić information content (AvgIpc) is 2.52. The zero-order valence-electron chi connectivity index (χ0n) is 12.4. The maximum Gasteiger partial charge on any atom is 0.268 e. The number of hydrogen-bond acceptors (Lipinski definition) is 4. The normalized spacial score (nSPS) is 16.9. The first-order valence-corrected chi connectivity index (χ1v) is 6.98. The third-order valence-electron chi connectivity index (χ3n) is 3.74. The van der Waals surface area contributed by atoms with E-state index in [0.29, 0.717) is 17.9 Å². The van der Waals surface area contributed by atoms with E-state index in [2.05, 4.69) is 0 Å². The lowest BCUT2D eigenvalue weighted by Gasteiger charge is -2.32. The van der Waals surface area contributed by atoms with Gasteiger partial charge in [-0.05, 0) is 29.8 Å². The molecule has 1 heterocycles. The lowest BCUT2D eigenvalue weighted by molar-refractivity contribution is -0.125. The molecule has 5 nitrogen and oxygen atoms in total. The smallest absolute Gasteiger partial charge is 0.268 e. The van der Waals surface area contributed by atoms with Crippen LogP contribution in [-0.4, -0.2) is 31.3 Å². The Hall–Kier alpha value is -2.69. The lowest BCUT2D eigenvalue weighted by Crippen LogP contribution is -2.44. The van der Waals surface area contributed by atoms with Crippen LogP contribution >= 0.6 is 0 Å². The van der Waals surface area contributed by atoms with Gasteiger partial charge in [0.15, 0.2) is 6.10 Å². The topological polar surface area (TPSA) is 59.0 Å². The number of benzene rings is 2. The van der Waals surface area contributed by atoms with Gasteiger partial charge in [-0.2, -0.15) is 0 Å². The van der Waals surface area contributed by atoms with Gasteiger partial charge in [-0.3, -0.25) is 4.79 Å². The van der Waals surface area contributed by atoms with Crippen LogP contribution in [0.2, 0.25) is 0 Å². The number of rotatable bonds is 3. The minimum atomic E-state index is -0.619. The Balaban J connectivity index is 1.87. The molecule has 2 aromatic carbocycles. The molecule has 0 aliphatic carbocycles. The van der Waals surface area contributed by atoms with Crippen molar-refractivity contribution in [2.75, 3.05) is 19.1 Å². The monoisotopic (exact) mass is 299 g/mol. The Morgan fingerprint density at radius 1 is 1.27 bits per heavy atom. The zero-order chi connectivity index (χ0) is 15.7. The Morgan fingerprint density at radius 3 is 2.86 bits per heavy atom. The molecular formula is C17H17NO4. The number of amides is 1. The van der Waals surface area contributed by atoms with E-state index in [1.165, 1.54) is 12.1 Å².